The highest BCUT2D eigenvalue weighted by molar-refractivity contribution is 6.22. The van der Waals surface area contributed by atoms with E-state index in [1.54, 1.807) is 24.3 Å². The Kier molecular flexibility index (Phi) is 5.19. The van der Waals surface area contributed by atoms with E-state index < -0.39 is 0 Å². The summed E-state index contributed by atoms with van der Waals surface area (Å²) in [4.78, 5) is 37.4. The molecule has 2 aliphatic heterocycles. The smallest absolute Gasteiger partial charge is 0.251 e. The molecule has 0 aliphatic carbocycles. The Morgan fingerprint density at radius 1 is 1.06 bits per heavy atom. The number of carbonyl (C=O) groups excluding carboxylic acids is 2. The molecule has 3 aromatic rings. The first-order valence-corrected chi connectivity index (χ1v) is 10.9. The fourth-order valence-corrected chi connectivity index (χ4v) is 4.68. The first-order valence-electron chi connectivity index (χ1n) is 10.9. The lowest BCUT2D eigenvalue weighted by atomic mass is 9.95. The van der Waals surface area contributed by atoms with Crippen molar-refractivity contribution in [2.75, 3.05) is 24.6 Å². The molecule has 0 saturated carbocycles. The summed E-state index contributed by atoms with van der Waals surface area (Å²) in [5.74, 6) is 1.83. The Morgan fingerprint density at radius 3 is 2.52 bits per heavy atom. The lowest BCUT2D eigenvalue weighted by Crippen LogP contribution is -2.45. The van der Waals surface area contributed by atoms with Crippen molar-refractivity contribution in [2.45, 2.75) is 38.1 Å². The second kappa shape index (κ2) is 8.15. The van der Waals surface area contributed by atoms with Gasteiger partial charge in [0.2, 0.25) is 5.91 Å². The number of hydrogen-bond donors (Lipinski definition) is 1. The third kappa shape index (κ3) is 3.70. The molecule has 2 aromatic carbocycles. The summed E-state index contributed by atoms with van der Waals surface area (Å²) in [5.41, 5.74) is 2.66. The van der Waals surface area contributed by atoms with Crippen molar-refractivity contribution >= 4 is 28.5 Å². The number of anilines is 1. The van der Waals surface area contributed by atoms with E-state index in [4.69, 9.17) is 9.72 Å². The Hall–Kier alpha value is -3.19. The Balaban J connectivity index is 1.25. The minimum atomic E-state index is -0.379. The van der Waals surface area contributed by atoms with Crippen LogP contribution in [0.15, 0.2) is 48.5 Å². The Morgan fingerprint density at radius 2 is 1.81 bits per heavy atom. The maximum Gasteiger partial charge on any atom is 0.251 e. The molecule has 0 bridgehead atoms. The predicted octanol–water partition coefficient (Wildman–Crippen LogP) is 3.47. The molecule has 2 fully saturated rings. The van der Waals surface area contributed by atoms with Crippen molar-refractivity contribution < 1.29 is 14.3 Å². The molecule has 0 radical (unpaired) electrons. The van der Waals surface area contributed by atoms with Gasteiger partial charge in [0, 0.05) is 5.92 Å². The largest absolute Gasteiger partial charge is 0.494 e. The highest BCUT2D eigenvalue weighted by atomic mass is 16.5. The third-order valence-corrected chi connectivity index (χ3v) is 6.29. The molecular formula is C24H26N4O3. The van der Waals surface area contributed by atoms with E-state index >= 15 is 0 Å². The molecule has 0 spiro atoms. The number of amides is 2. The van der Waals surface area contributed by atoms with Crippen molar-refractivity contribution in [2.24, 2.45) is 0 Å². The lowest BCUT2D eigenvalue weighted by Gasteiger charge is -2.34. The second-order valence-electron chi connectivity index (χ2n) is 8.16. The summed E-state index contributed by atoms with van der Waals surface area (Å²) in [7, 11) is 0. The molecule has 3 heterocycles. The van der Waals surface area contributed by atoms with Crippen molar-refractivity contribution in [1.29, 1.82) is 0 Å². The van der Waals surface area contributed by atoms with Crippen LogP contribution in [-0.4, -0.2) is 52.4 Å². The summed E-state index contributed by atoms with van der Waals surface area (Å²) in [6, 6.07) is 14.8. The molecule has 7 nitrogen and oxygen atoms in total. The number of imidazole rings is 1. The molecule has 7 heteroatoms. The van der Waals surface area contributed by atoms with Crippen LogP contribution in [-0.2, 0) is 9.59 Å². The number of fused-ring (bicyclic) bond motifs is 1. The highest BCUT2D eigenvalue weighted by Gasteiger charge is 2.43. The van der Waals surface area contributed by atoms with Gasteiger partial charge >= 0.3 is 0 Å². The molecule has 0 unspecified atom stereocenters. The van der Waals surface area contributed by atoms with Crippen molar-refractivity contribution in [1.82, 2.24) is 14.9 Å². The van der Waals surface area contributed by atoms with Crippen LogP contribution < -0.4 is 9.64 Å². The molecule has 2 aliphatic rings. The topological polar surface area (TPSA) is 78.5 Å². The fourth-order valence-electron chi connectivity index (χ4n) is 4.68. The van der Waals surface area contributed by atoms with Gasteiger partial charge in [-0.05, 0) is 69.3 Å². The number of nitrogens with one attached hydrogen (secondary N) is 1. The van der Waals surface area contributed by atoms with Crippen molar-refractivity contribution in [3.63, 3.8) is 0 Å². The maximum atomic E-state index is 13.1. The number of aromatic amines is 1. The van der Waals surface area contributed by atoms with E-state index in [2.05, 4.69) is 9.88 Å². The van der Waals surface area contributed by atoms with Crippen LogP contribution in [0.2, 0.25) is 0 Å². The van der Waals surface area contributed by atoms with Crippen molar-refractivity contribution in [3.05, 3.63) is 54.4 Å². The monoisotopic (exact) mass is 418 g/mol. The normalized spacial score (nSPS) is 20.7. The number of hydrogen-bond acceptors (Lipinski definition) is 5. The summed E-state index contributed by atoms with van der Waals surface area (Å²) in [6.07, 6.45) is 2.07. The van der Waals surface area contributed by atoms with E-state index in [0.717, 1.165) is 48.5 Å². The number of aromatic nitrogens is 2. The van der Waals surface area contributed by atoms with Gasteiger partial charge in [0.15, 0.2) is 0 Å². The van der Waals surface area contributed by atoms with Crippen LogP contribution in [0.5, 0.6) is 5.75 Å². The average molecular weight is 418 g/mol. The molecule has 31 heavy (non-hydrogen) atoms. The molecule has 2 saturated heterocycles. The van der Waals surface area contributed by atoms with Gasteiger partial charge in [-0.3, -0.25) is 14.5 Å². The Labute approximate surface area is 181 Å². The number of rotatable bonds is 5. The van der Waals surface area contributed by atoms with Crippen LogP contribution in [0.3, 0.4) is 0 Å². The van der Waals surface area contributed by atoms with E-state index in [1.807, 2.05) is 31.2 Å². The van der Waals surface area contributed by atoms with Crippen LogP contribution >= 0.6 is 0 Å². The predicted molar refractivity (Wildman–Crippen MR) is 118 cm³/mol. The zero-order chi connectivity index (χ0) is 21.4. The standard InChI is InChI=1S/C24H26N4O3/c1-2-31-18-9-7-17(8-10-18)28-22(29)15-21(24(28)30)27-13-11-16(12-14-27)23-25-19-5-3-4-6-20(19)26-23/h3-10,16,21H,2,11-15H2,1H3,(H,25,26)/t21-/m1/s1. The van der Waals surface area contributed by atoms with Gasteiger partial charge < -0.3 is 9.72 Å². The molecular weight excluding hydrogens is 392 g/mol. The van der Waals surface area contributed by atoms with Crippen molar-refractivity contribution in [3.8, 4) is 5.75 Å². The summed E-state index contributed by atoms with van der Waals surface area (Å²) < 4.78 is 5.45. The van der Waals surface area contributed by atoms with Gasteiger partial charge in [-0.2, -0.15) is 0 Å². The minimum Gasteiger partial charge on any atom is -0.494 e. The third-order valence-electron chi connectivity index (χ3n) is 6.29. The zero-order valence-corrected chi connectivity index (χ0v) is 17.6. The van der Waals surface area contributed by atoms with Gasteiger partial charge in [-0.25, -0.2) is 9.88 Å². The molecule has 5 rings (SSSR count). The molecule has 1 N–H and O–H groups in total. The van der Waals surface area contributed by atoms with Crippen LogP contribution in [0.1, 0.15) is 37.9 Å². The number of ether oxygens (including phenoxy) is 1. The van der Waals surface area contributed by atoms with E-state index in [0.29, 0.717) is 18.2 Å². The summed E-state index contributed by atoms with van der Waals surface area (Å²) >= 11 is 0. The molecule has 1 aromatic heterocycles. The van der Waals surface area contributed by atoms with E-state index in [1.165, 1.54) is 4.90 Å². The number of imide groups is 1. The number of piperidine rings is 1. The Bertz CT molecular complexity index is 1070. The first kappa shape index (κ1) is 19.8. The molecule has 2 amide bonds. The van der Waals surface area contributed by atoms with Gasteiger partial charge in [0.05, 0.1) is 35.8 Å². The first-order chi connectivity index (χ1) is 15.1. The van der Waals surface area contributed by atoms with Gasteiger partial charge in [-0.1, -0.05) is 12.1 Å². The number of carbonyl (C=O) groups is 2. The SMILES string of the molecule is CCOc1ccc(N2C(=O)C[C@@H](N3CCC(c4nc5ccccc5[nH]4)CC3)C2=O)cc1. The average Bonchev–Trinajstić information content (AvgIpc) is 3.35. The number of nitrogens with zero attached hydrogens (tertiary/aromatic N) is 3. The second-order valence-corrected chi connectivity index (χ2v) is 8.16. The van der Waals surface area contributed by atoms with Crippen LogP contribution in [0.4, 0.5) is 5.69 Å². The number of likely N-dealkylation sites (tertiary alicyclic amines) is 1. The maximum absolute atomic E-state index is 13.1. The summed E-state index contributed by atoms with van der Waals surface area (Å²) in [6.45, 7) is 4.06. The number of H-pyrrole nitrogens is 1. The highest BCUT2D eigenvalue weighted by Crippen LogP contribution is 2.32. The van der Waals surface area contributed by atoms with Crippen LogP contribution in [0, 0.1) is 0 Å². The fraction of sp³-hybridized carbons (Fsp3) is 0.375. The van der Waals surface area contributed by atoms with E-state index in [-0.39, 0.29) is 24.3 Å². The molecule has 1 atom stereocenters. The number of para-hydroxylation sites is 2. The van der Waals surface area contributed by atoms with Crippen LogP contribution in [0.25, 0.3) is 11.0 Å². The lowest BCUT2D eigenvalue weighted by molar-refractivity contribution is -0.123. The van der Waals surface area contributed by atoms with Gasteiger partial charge in [0.1, 0.15) is 11.6 Å². The molecule has 160 valence electrons. The summed E-state index contributed by atoms with van der Waals surface area (Å²) in [5, 5.41) is 0. The minimum absolute atomic E-state index is 0.128. The zero-order valence-electron chi connectivity index (χ0n) is 17.6. The number of benzene rings is 2. The van der Waals surface area contributed by atoms with Gasteiger partial charge in [0.25, 0.3) is 5.91 Å². The quantitative estimate of drug-likeness (QED) is 0.642. The van der Waals surface area contributed by atoms with E-state index in [9.17, 15) is 9.59 Å². The van der Waals surface area contributed by atoms with Gasteiger partial charge in [-0.15, -0.1) is 0 Å².